The van der Waals surface area contributed by atoms with Gasteiger partial charge in [-0.3, -0.25) is 0 Å². The Labute approximate surface area is 184 Å². The molecule has 1 aliphatic carbocycles. The van der Waals surface area contributed by atoms with Gasteiger partial charge >= 0.3 is 5.97 Å². The van der Waals surface area contributed by atoms with Crippen LogP contribution in [0.25, 0.3) is 0 Å². The van der Waals surface area contributed by atoms with E-state index in [-0.39, 0.29) is 12.0 Å². The van der Waals surface area contributed by atoms with E-state index in [2.05, 4.69) is 12.1 Å². The molecular weight excluding hydrogens is 398 g/mol. The maximum Gasteiger partial charge on any atom is 0.340 e. The molecule has 1 aromatic carbocycles. The molecule has 7 nitrogen and oxygen atoms in total. The standard InChI is InChI=1S/C24H33NO6/c1-3-28-23(27)24(17-30-24)12-6-4-5-7-13-29-21-8-10-22(11-9-21)31-25-20(16-26)15-19-14-18(19)2/h8-11,16,19-20,25H,2-7,12-15,17H2,1H3. The van der Waals surface area contributed by atoms with Crippen molar-refractivity contribution in [2.45, 2.75) is 63.5 Å². The SMILES string of the molecule is C=C1CC1CC(C=O)NOc1ccc(OCCCCCCC2(C(=O)OCC)CO2)cc1. The second-order valence-electron chi connectivity index (χ2n) is 8.25. The molecule has 1 heterocycles. The van der Waals surface area contributed by atoms with Crippen LogP contribution in [-0.2, 0) is 19.1 Å². The second-order valence-corrected chi connectivity index (χ2v) is 8.25. The summed E-state index contributed by atoms with van der Waals surface area (Å²) in [5.41, 5.74) is 3.35. The monoisotopic (exact) mass is 431 g/mol. The quantitative estimate of drug-likeness (QED) is 0.106. The number of epoxide rings is 1. The van der Waals surface area contributed by atoms with E-state index in [4.69, 9.17) is 19.0 Å². The number of esters is 1. The van der Waals surface area contributed by atoms with Gasteiger partial charge in [0.25, 0.3) is 0 Å². The lowest BCUT2D eigenvalue weighted by Crippen LogP contribution is -2.33. The number of carbonyl (C=O) groups excluding carboxylic acids is 2. The van der Waals surface area contributed by atoms with Crippen molar-refractivity contribution < 1.29 is 28.6 Å². The molecule has 1 aliphatic heterocycles. The summed E-state index contributed by atoms with van der Waals surface area (Å²) in [6.07, 6.45) is 7.26. The van der Waals surface area contributed by atoms with Gasteiger partial charge in [-0.15, -0.1) is 5.48 Å². The molecular formula is C24H33NO6. The normalized spacial score (nSPS) is 22.5. The minimum atomic E-state index is -0.663. The number of rotatable bonds is 16. The fourth-order valence-electron chi connectivity index (χ4n) is 3.46. The van der Waals surface area contributed by atoms with Crippen molar-refractivity contribution in [3.05, 3.63) is 36.4 Å². The van der Waals surface area contributed by atoms with Crippen molar-refractivity contribution in [2.24, 2.45) is 5.92 Å². The molecule has 0 radical (unpaired) electrons. The van der Waals surface area contributed by atoms with Crippen LogP contribution in [-0.4, -0.2) is 43.7 Å². The van der Waals surface area contributed by atoms with Gasteiger partial charge in [-0.1, -0.05) is 25.0 Å². The lowest BCUT2D eigenvalue weighted by atomic mass is 10.0. The van der Waals surface area contributed by atoms with E-state index in [9.17, 15) is 9.59 Å². The van der Waals surface area contributed by atoms with Gasteiger partial charge in [0.15, 0.2) is 5.60 Å². The Morgan fingerprint density at radius 3 is 2.55 bits per heavy atom. The zero-order valence-electron chi connectivity index (χ0n) is 18.3. The van der Waals surface area contributed by atoms with Crippen LogP contribution in [0.3, 0.4) is 0 Å². The molecule has 1 N–H and O–H groups in total. The minimum absolute atomic E-state index is 0.226. The van der Waals surface area contributed by atoms with Gasteiger partial charge in [-0.25, -0.2) is 4.79 Å². The van der Waals surface area contributed by atoms with Gasteiger partial charge in [0, 0.05) is 0 Å². The van der Waals surface area contributed by atoms with Crippen molar-refractivity contribution in [2.75, 3.05) is 19.8 Å². The molecule has 3 unspecified atom stereocenters. The van der Waals surface area contributed by atoms with Crippen molar-refractivity contribution in [3.63, 3.8) is 0 Å². The Bertz CT molecular complexity index is 743. The molecule has 1 saturated carbocycles. The largest absolute Gasteiger partial charge is 0.494 e. The minimum Gasteiger partial charge on any atom is -0.494 e. The molecule has 0 spiro atoms. The van der Waals surface area contributed by atoms with E-state index in [1.165, 1.54) is 5.57 Å². The average Bonchev–Trinajstić information content (AvgIpc) is 3.70. The molecule has 170 valence electrons. The van der Waals surface area contributed by atoms with Crippen LogP contribution in [0.2, 0.25) is 0 Å². The van der Waals surface area contributed by atoms with Crippen molar-refractivity contribution >= 4 is 12.3 Å². The number of carbonyl (C=O) groups is 2. The van der Waals surface area contributed by atoms with Crippen LogP contribution in [0.4, 0.5) is 0 Å². The summed E-state index contributed by atoms with van der Waals surface area (Å²) >= 11 is 0. The third-order valence-corrected chi connectivity index (χ3v) is 5.66. The van der Waals surface area contributed by atoms with Crippen molar-refractivity contribution in [1.82, 2.24) is 5.48 Å². The first-order valence-corrected chi connectivity index (χ1v) is 11.2. The first-order valence-electron chi connectivity index (χ1n) is 11.2. The second kappa shape index (κ2) is 11.3. The van der Waals surface area contributed by atoms with E-state index in [1.54, 1.807) is 0 Å². The van der Waals surface area contributed by atoms with Crippen LogP contribution >= 0.6 is 0 Å². The van der Waals surface area contributed by atoms with Crippen LogP contribution in [0.1, 0.15) is 51.9 Å². The van der Waals surface area contributed by atoms with Gasteiger partial charge in [-0.05, 0) is 69.2 Å². The summed E-state index contributed by atoms with van der Waals surface area (Å²) in [7, 11) is 0. The highest BCUT2D eigenvalue weighted by Crippen LogP contribution is 2.39. The molecule has 7 heteroatoms. The molecule has 31 heavy (non-hydrogen) atoms. The predicted molar refractivity (Wildman–Crippen MR) is 116 cm³/mol. The van der Waals surface area contributed by atoms with Crippen LogP contribution in [0.15, 0.2) is 36.4 Å². The van der Waals surface area contributed by atoms with Crippen LogP contribution < -0.4 is 15.1 Å². The first-order chi connectivity index (χ1) is 15.1. The van der Waals surface area contributed by atoms with E-state index >= 15 is 0 Å². The Balaban J connectivity index is 1.24. The average molecular weight is 432 g/mol. The smallest absolute Gasteiger partial charge is 0.340 e. The summed E-state index contributed by atoms with van der Waals surface area (Å²) in [6, 6.07) is 6.99. The van der Waals surface area contributed by atoms with E-state index in [1.807, 2.05) is 31.2 Å². The molecule has 3 atom stereocenters. The summed E-state index contributed by atoms with van der Waals surface area (Å²) in [4.78, 5) is 28.5. The van der Waals surface area contributed by atoms with Gasteiger partial charge < -0.3 is 23.8 Å². The summed E-state index contributed by atoms with van der Waals surface area (Å²) in [5, 5.41) is 0. The highest BCUT2D eigenvalue weighted by molar-refractivity contribution is 5.82. The third kappa shape index (κ3) is 7.36. The van der Waals surface area contributed by atoms with Gasteiger partial charge in [0.2, 0.25) is 0 Å². The Morgan fingerprint density at radius 1 is 1.26 bits per heavy atom. The third-order valence-electron chi connectivity index (χ3n) is 5.66. The van der Waals surface area contributed by atoms with E-state index in [0.29, 0.717) is 31.5 Å². The Kier molecular flexibility index (Phi) is 8.49. The van der Waals surface area contributed by atoms with Crippen LogP contribution in [0.5, 0.6) is 11.5 Å². The molecule has 3 rings (SSSR count). The number of nitrogens with one attached hydrogen (secondary N) is 1. The number of allylic oxidation sites excluding steroid dienone is 1. The highest BCUT2D eigenvalue weighted by atomic mass is 16.6. The molecule has 0 amide bonds. The Morgan fingerprint density at radius 2 is 1.94 bits per heavy atom. The molecule has 0 bridgehead atoms. The fourth-order valence-corrected chi connectivity index (χ4v) is 3.46. The maximum absolute atomic E-state index is 11.8. The van der Waals surface area contributed by atoms with Crippen LogP contribution in [0, 0.1) is 5.92 Å². The maximum atomic E-state index is 11.8. The number of benzene rings is 1. The summed E-state index contributed by atoms with van der Waals surface area (Å²) in [5.74, 6) is 1.62. The summed E-state index contributed by atoms with van der Waals surface area (Å²) in [6.45, 7) is 7.23. The Hall–Kier alpha value is -2.38. The zero-order valence-corrected chi connectivity index (χ0v) is 18.3. The highest BCUT2D eigenvalue weighted by Gasteiger charge is 2.52. The molecule has 2 aliphatic rings. The number of ether oxygens (including phenoxy) is 3. The topological polar surface area (TPSA) is 86.4 Å². The molecule has 1 aromatic rings. The first kappa shape index (κ1) is 23.3. The van der Waals surface area contributed by atoms with Gasteiger partial charge in [-0.2, -0.15) is 0 Å². The van der Waals surface area contributed by atoms with E-state index < -0.39 is 5.60 Å². The number of hydrogen-bond acceptors (Lipinski definition) is 7. The fraction of sp³-hybridized carbons (Fsp3) is 0.583. The number of hydrogen-bond donors (Lipinski definition) is 1. The van der Waals surface area contributed by atoms with Crippen molar-refractivity contribution in [1.29, 1.82) is 0 Å². The number of aldehydes is 1. The molecule has 2 fully saturated rings. The summed E-state index contributed by atoms with van der Waals surface area (Å²) < 4.78 is 16.2. The number of hydroxylamine groups is 1. The predicted octanol–water partition coefficient (Wildman–Crippen LogP) is 3.77. The zero-order chi connectivity index (χ0) is 22.1. The molecule has 1 saturated heterocycles. The lowest BCUT2D eigenvalue weighted by molar-refractivity contribution is -0.149. The lowest BCUT2D eigenvalue weighted by Gasteiger charge is -2.13. The van der Waals surface area contributed by atoms with Crippen molar-refractivity contribution in [3.8, 4) is 11.5 Å². The van der Waals surface area contributed by atoms with Gasteiger partial charge in [0.05, 0.1) is 25.9 Å². The molecule has 0 aromatic heterocycles. The number of unbranched alkanes of at least 4 members (excludes halogenated alkanes) is 3. The van der Waals surface area contributed by atoms with Gasteiger partial charge in [0.1, 0.15) is 17.8 Å². The van der Waals surface area contributed by atoms with E-state index in [0.717, 1.165) is 57.0 Å².